The molecular formula is C11H13N. The molecule has 0 aromatic heterocycles. The molecule has 1 aromatic rings. The summed E-state index contributed by atoms with van der Waals surface area (Å²) in [5.41, 5.74) is 2.81. The summed E-state index contributed by atoms with van der Waals surface area (Å²) < 4.78 is 0. The van der Waals surface area contributed by atoms with Crippen molar-refractivity contribution in [2.75, 3.05) is 0 Å². The van der Waals surface area contributed by atoms with E-state index in [0.717, 1.165) is 6.42 Å². The van der Waals surface area contributed by atoms with E-state index < -0.39 is 0 Å². The molecule has 1 unspecified atom stereocenters. The van der Waals surface area contributed by atoms with Crippen molar-refractivity contribution in [2.24, 2.45) is 0 Å². The quantitative estimate of drug-likeness (QED) is 0.664. The molecule has 0 radical (unpaired) electrons. The van der Waals surface area contributed by atoms with Gasteiger partial charge in [-0.3, -0.25) is 0 Å². The van der Waals surface area contributed by atoms with Crippen LogP contribution < -0.4 is 5.32 Å². The van der Waals surface area contributed by atoms with Crippen LogP contribution in [0.1, 0.15) is 24.9 Å². The molecule has 0 aliphatic carbocycles. The molecule has 0 saturated heterocycles. The highest BCUT2D eigenvalue weighted by molar-refractivity contribution is 5.24. The summed E-state index contributed by atoms with van der Waals surface area (Å²) in [4.78, 5) is 0. The molecule has 0 spiro atoms. The van der Waals surface area contributed by atoms with Crippen molar-refractivity contribution in [3.05, 3.63) is 47.7 Å². The molecule has 62 valence electrons. The Kier molecular flexibility index (Phi) is 1.86. The lowest BCUT2D eigenvalue weighted by molar-refractivity contribution is 0.666. The van der Waals surface area contributed by atoms with E-state index in [1.54, 1.807) is 0 Å². The summed E-state index contributed by atoms with van der Waals surface area (Å²) in [7, 11) is 0. The van der Waals surface area contributed by atoms with Crippen LogP contribution in [0.25, 0.3) is 0 Å². The van der Waals surface area contributed by atoms with Gasteiger partial charge in [-0.25, -0.2) is 0 Å². The van der Waals surface area contributed by atoms with E-state index in [4.69, 9.17) is 0 Å². The van der Waals surface area contributed by atoms with Crippen LogP contribution in [0.2, 0.25) is 0 Å². The molecule has 1 aromatic carbocycles. The molecule has 1 nitrogen and oxygen atoms in total. The maximum Gasteiger partial charge on any atom is 0.0545 e. The lowest BCUT2D eigenvalue weighted by atomic mass is 10.0. The summed E-state index contributed by atoms with van der Waals surface area (Å²) in [5, 5.41) is 3.36. The van der Waals surface area contributed by atoms with Crippen molar-refractivity contribution >= 4 is 0 Å². The van der Waals surface area contributed by atoms with Crippen molar-refractivity contribution < 1.29 is 0 Å². The van der Waals surface area contributed by atoms with Gasteiger partial charge in [0.1, 0.15) is 0 Å². The normalized spacial score (nSPS) is 21.8. The third kappa shape index (κ3) is 1.35. The summed E-state index contributed by atoms with van der Waals surface area (Å²) in [5.74, 6) is 0. The van der Waals surface area contributed by atoms with E-state index >= 15 is 0 Å². The Balaban J connectivity index is 2.14. The van der Waals surface area contributed by atoms with Crippen molar-refractivity contribution in [3.63, 3.8) is 0 Å². The van der Waals surface area contributed by atoms with Gasteiger partial charge in [-0.2, -0.15) is 0 Å². The summed E-state index contributed by atoms with van der Waals surface area (Å²) in [6.07, 6.45) is 3.25. The van der Waals surface area contributed by atoms with E-state index in [0.29, 0.717) is 6.04 Å². The van der Waals surface area contributed by atoms with E-state index in [1.165, 1.54) is 11.1 Å². The van der Waals surface area contributed by atoms with Crippen molar-refractivity contribution in [3.8, 4) is 0 Å². The largest absolute Gasteiger partial charge is 0.384 e. The number of rotatable bonds is 1. The smallest absolute Gasteiger partial charge is 0.0545 e. The topological polar surface area (TPSA) is 12.0 Å². The fourth-order valence-electron chi connectivity index (χ4n) is 1.58. The van der Waals surface area contributed by atoms with Gasteiger partial charge in [-0.1, -0.05) is 35.9 Å². The van der Waals surface area contributed by atoms with Gasteiger partial charge < -0.3 is 5.32 Å². The number of nitrogens with one attached hydrogen (secondary N) is 1. The van der Waals surface area contributed by atoms with Gasteiger partial charge in [0.05, 0.1) is 6.04 Å². The van der Waals surface area contributed by atoms with Crippen LogP contribution in [0.4, 0.5) is 0 Å². The highest BCUT2D eigenvalue weighted by atomic mass is 14.9. The minimum atomic E-state index is 0.506. The number of benzene rings is 1. The molecule has 0 fully saturated rings. The molecule has 0 bridgehead atoms. The van der Waals surface area contributed by atoms with Crippen molar-refractivity contribution in [2.45, 2.75) is 19.4 Å². The SMILES string of the molecule is CC1=CNC(c2ccccc2)C1. The molecule has 12 heavy (non-hydrogen) atoms. The summed E-state index contributed by atoms with van der Waals surface area (Å²) in [6, 6.07) is 11.1. The van der Waals surface area contributed by atoms with Crippen LogP contribution in [-0.4, -0.2) is 0 Å². The van der Waals surface area contributed by atoms with Crippen LogP contribution in [0.5, 0.6) is 0 Å². The second-order valence-corrected chi connectivity index (χ2v) is 3.32. The first kappa shape index (κ1) is 7.41. The van der Waals surface area contributed by atoms with Gasteiger partial charge >= 0.3 is 0 Å². The van der Waals surface area contributed by atoms with Gasteiger partial charge in [0.15, 0.2) is 0 Å². The van der Waals surface area contributed by atoms with Gasteiger partial charge in [0.2, 0.25) is 0 Å². The average Bonchev–Trinajstić information content (AvgIpc) is 2.54. The molecule has 2 rings (SSSR count). The molecule has 1 aliphatic rings. The Morgan fingerprint density at radius 3 is 2.58 bits per heavy atom. The predicted octanol–water partition coefficient (Wildman–Crippen LogP) is 2.62. The lowest BCUT2D eigenvalue weighted by Gasteiger charge is -2.10. The van der Waals surface area contributed by atoms with Crippen LogP contribution >= 0.6 is 0 Å². The maximum atomic E-state index is 3.36. The van der Waals surface area contributed by atoms with E-state index in [9.17, 15) is 0 Å². The fraction of sp³-hybridized carbons (Fsp3) is 0.273. The van der Waals surface area contributed by atoms with Gasteiger partial charge in [-0.15, -0.1) is 0 Å². The van der Waals surface area contributed by atoms with Crippen molar-refractivity contribution in [1.82, 2.24) is 5.32 Å². The lowest BCUT2D eigenvalue weighted by Crippen LogP contribution is -2.08. The maximum absolute atomic E-state index is 3.36. The summed E-state index contributed by atoms with van der Waals surface area (Å²) in [6.45, 7) is 2.16. The van der Waals surface area contributed by atoms with Crippen molar-refractivity contribution in [1.29, 1.82) is 0 Å². The monoisotopic (exact) mass is 159 g/mol. The first-order valence-electron chi connectivity index (χ1n) is 4.33. The highest BCUT2D eigenvalue weighted by Crippen LogP contribution is 2.24. The van der Waals surface area contributed by atoms with Crippen LogP contribution in [0.15, 0.2) is 42.1 Å². The molecule has 0 amide bonds. The Hall–Kier alpha value is -1.24. The number of hydrogen-bond acceptors (Lipinski definition) is 1. The second kappa shape index (κ2) is 3.02. The third-order valence-electron chi connectivity index (χ3n) is 2.26. The standard InChI is InChI=1S/C11H13N/c1-9-7-11(12-8-9)10-5-3-2-4-6-10/h2-6,8,11-12H,7H2,1H3. The Labute approximate surface area is 73.1 Å². The van der Waals surface area contributed by atoms with E-state index in [1.807, 2.05) is 0 Å². The third-order valence-corrected chi connectivity index (χ3v) is 2.26. The Morgan fingerprint density at radius 1 is 1.25 bits per heavy atom. The van der Waals surface area contributed by atoms with Crippen LogP contribution in [-0.2, 0) is 0 Å². The first-order chi connectivity index (χ1) is 5.86. The number of hydrogen-bond donors (Lipinski definition) is 1. The zero-order valence-corrected chi connectivity index (χ0v) is 7.25. The zero-order chi connectivity index (χ0) is 8.39. The minimum absolute atomic E-state index is 0.506. The highest BCUT2D eigenvalue weighted by Gasteiger charge is 2.14. The van der Waals surface area contributed by atoms with E-state index in [2.05, 4.69) is 48.8 Å². The fourth-order valence-corrected chi connectivity index (χ4v) is 1.58. The Bertz CT molecular complexity index is 287. The summed E-state index contributed by atoms with van der Waals surface area (Å²) >= 11 is 0. The molecule has 1 heteroatoms. The predicted molar refractivity (Wildman–Crippen MR) is 50.7 cm³/mol. The van der Waals surface area contributed by atoms with Crippen LogP contribution in [0, 0.1) is 0 Å². The van der Waals surface area contributed by atoms with Gasteiger partial charge in [-0.05, 0) is 25.1 Å². The molecule has 1 N–H and O–H groups in total. The zero-order valence-electron chi connectivity index (χ0n) is 7.25. The molecular weight excluding hydrogens is 146 g/mol. The molecule has 1 atom stereocenters. The van der Waals surface area contributed by atoms with Gasteiger partial charge in [0, 0.05) is 0 Å². The van der Waals surface area contributed by atoms with Gasteiger partial charge in [0.25, 0.3) is 0 Å². The molecule has 1 heterocycles. The minimum Gasteiger partial charge on any atom is -0.384 e. The first-order valence-corrected chi connectivity index (χ1v) is 4.33. The second-order valence-electron chi connectivity index (χ2n) is 3.32. The Morgan fingerprint density at radius 2 is 2.00 bits per heavy atom. The molecule has 1 aliphatic heterocycles. The average molecular weight is 159 g/mol. The van der Waals surface area contributed by atoms with E-state index in [-0.39, 0.29) is 0 Å². The van der Waals surface area contributed by atoms with Crippen LogP contribution in [0.3, 0.4) is 0 Å². The molecule has 0 saturated carbocycles.